The molecule has 1 aromatic rings. The van der Waals surface area contributed by atoms with Gasteiger partial charge in [-0.05, 0) is 63.6 Å². The monoisotopic (exact) mass is 598 g/mol. The van der Waals surface area contributed by atoms with E-state index in [1.165, 1.54) is 11.8 Å². The molecule has 2 fully saturated rings. The van der Waals surface area contributed by atoms with Gasteiger partial charge in [-0.15, -0.1) is 0 Å². The normalized spacial score (nSPS) is 25.4. The van der Waals surface area contributed by atoms with Crippen LogP contribution in [0.3, 0.4) is 0 Å². The number of aliphatic hydroxyl groups is 1. The zero-order valence-electron chi connectivity index (χ0n) is 25.5. The van der Waals surface area contributed by atoms with Crippen molar-refractivity contribution in [3.8, 4) is 5.75 Å². The SMILES string of the molecule is C=CCOc1ccc(C[C@@H]2NC(=O)[C@](C)(CC)NC(=O)[C@H](CCCCCC(=O)[C@@H](C)O)NC(=O)[C@H]3CCCN3C2=O)cc1. The van der Waals surface area contributed by atoms with Crippen molar-refractivity contribution >= 4 is 29.4 Å². The minimum Gasteiger partial charge on any atom is -0.490 e. The molecule has 0 spiro atoms. The van der Waals surface area contributed by atoms with E-state index in [4.69, 9.17) is 4.74 Å². The smallest absolute Gasteiger partial charge is 0.246 e. The Labute approximate surface area is 253 Å². The van der Waals surface area contributed by atoms with Gasteiger partial charge in [0.25, 0.3) is 0 Å². The average molecular weight is 599 g/mol. The molecule has 3 rings (SSSR count). The Hall–Kier alpha value is -3.73. The lowest BCUT2D eigenvalue weighted by Gasteiger charge is -2.36. The van der Waals surface area contributed by atoms with Crippen LogP contribution in [-0.2, 0) is 30.4 Å². The highest BCUT2D eigenvalue weighted by Gasteiger charge is 2.43. The summed E-state index contributed by atoms with van der Waals surface area (Å²) in [5.74, 6) is -1.29. The van der Waals surface area contributed by atoms with E-state index >= 15 is 0 Å². The lowest BCUT2D eigenvalue weighted by Crippen LogP contribution is -2.65. The summed E-state index contributed by atoms with van der Waals surface area (Å²) in [5.41, 5.74) is -0.525. The molecule has 4 amide bonds. The van der Waals surface area contributed by atoms with Gasteiger partial charge < -0.3 is 30.7 Å². The molecule has 11 heteroatoms. The van der Waals surface area contributed by atoms with Gasteiger partial charge in [0.2, 0.25) is 23.6 Å². The molecule has 43 heavy (non-hydrogen) atoms. The van der Waals surface area contributed by atoms with E-state index < -0.39 is 47.5 Å². The second-order valence-corrected chi connectivity index (χ2v) is 11.6. The van der Waals surface area contributed by atoms with Gasteiger partial charge >= 0.3 is 0 Å². The Morgan fingerprint density at radius 3 is 2.49 bits per heavy atom. The molecule has 4 N–H and O–H groups in total. The molecular weight excluding hydrogens is 552 g/mol. The van der Waals surface area contributed by atoms with Crippen molar-refractivity contribution in [1.29, 1.82) is 0 Å². The fourth-order valence-corrected chi connectivity index (χ4v) is 5.37. The number of unbranched alkanes of at least 4 members (excludes halogenated alkanes) is 2. The number of benzene rings is 1. The van der Waals surface area contributed by atoms with Crippen LogP contribution < -0.4 is 20.7 Å². The number of rotatable bonds is 13. The zero-order valence-corrected chi connectivity index (χ0v) is 25.5. The van der Waals surface area contributed by atoms with Crippen molar-refractivity contribution in [2.75, 3.05) is 13.2 Å². The predicted octanol–water partition coefficient (Wildman–Crippen LogP) is 1.95. The summed E-state index contributed by atoms with van der Waals surface area (Å²) >= 11 is 0. The maximum Gasteiger partial charge on any atom is 0.246 e. The number of aliphatic hydroxyl groups excluding tert-OH is 1. The third-order valence-corrected chi connectivity index (χ3v) is 8.30. The molecule has 0 aliphatic carbocycles. The average Bonchev–Trinajstić information content (AvgIpc) is 3.48. The van der Waals surface area contributed by atoms with Crippen LogP contribution in [0.25, 0.3) is 0 Å². The number of carbonyl (C=O) groups is 5. The molecule has 0 radical (unpaired) electrons. The standard InChI is InChI=1S/C32H46N4O7/c1-5-19-43-23-16-14-22(15-17-23)20-25-30(41)36-18-10-12-26(36)29(40)33-24(11-8-7-9-13-27(38)21(3)37)28(39)35-32(4,6-2)31(42)34-25/h5,14-17,21,24-26,37H,1,6-13,18-20H2,2-4H3,(H,33,40)(H,34,42)(H,35,39)/t21-,24+,25+,26-,32+/m1/s1. The summed E-state index contributed by atoms with van der Waals surface area (Å²) in [6, 6.07) is 4.62. The maximum atomic E-state index is 13.9. The number of nitrogens with one attached hydrogen (secondary N) is 3. The Kier molecular flexibility index (Phi) is 12.3. The Morgan fingerprint density at radius 2 is 1.84 bits per heavy atom. The molecule has 2 heterocycles. The van der Waals surface area contributed by atoms with E-state index in [1.807, 2.05) is 12.1 Å². The lowest BCUT2D eigenvalue weighted by molar-refractivity contribution is -0.144. The zero-order chi connectivity index (χ0) is 31.6. The summed E-state index contributed by atoms with van der Waals surface area (Å²) < 4.78 is 5.54. The summed E-state index contributed by atoms with van der Waals surface area (Å²) in [6.45, 7) is 9.19. The highest BCUT2D eigenvalue weighted by Crippen LogP contribution is 2.23. The summed E-state index contributed by atoms with van der Waals surface area (Å²) in [5, 5.41) is 18.0. The quantitative estimate of drug-likeness (QED) is 0.200. The van der Waals surface area contributed by atoms with Gasteiger partial charge in [-0.3, -0.25) is 24.0 Å². The first-order chi connectivity index (χ1) is 20.5. The van der Waals surface area contributed by atoms with Crippen LogP contribution in [0.4, 0.5) is 0 Å². The van der Waals surface area contributed by atoms with E-state index in [1.54, 1.807) is 32.1 Å². The second kappa shape index (κ2) is 15.7. The van der Waals surface area contributed by atoms with E-state index in [-0.39, 0.29) is 31.0 Å². The summed E-state index contributed by atoms with van der Waals surface area (Å²) in [6.07, 6.45) is 4.45. The van der Waals surface area contributed by atoms with Crippen molar-refractivity contribution in [1.82, 2.24) is 20.9 Å². The molecule has 2 saturated heterocycles. The highest BCUT2D eigenvalue weighted by molar-refractivity contribution is 5.99. The number of hydrogen-bond donors (Lipinski definition) is 4. The Bertz CT molecular complexity index is 1170. The molecule has 0 bridgehead atoms. The predicted molar refractivity (Wildman–Crippen MR) is 161 cm³/mol. The first kappa shape index (κ1) is 33.8. The van der Waals surface area contributed by atoms with Gasteiger partial charge in [0.05, 0.1) is 0 Å². The molecule has 0 unspecified atom stereocenters. The van der Waals surface area contributed by atoms with Crippen molar-refractivity contribution in [2.24, 2.45) is 0 Å². The van der Waals surface area contributed by atoms with E-state index in [9.17, 15) is 29.1 Å². The van der Waals surface area contributed by atoms with Crippen LogP contribution in [-0.4, -0.2) is 82.3 Å². The molecular formula is C32H46N4O7. The number of ether oxygens (including phenoxy) is 1. The van der Waals surface area contributed by atoms with Crippen molar-refractivity contribution in [3.05, 3.63) is 42.5 Å². The molecule has 2 aliphatic rings. The number of Topliss-reactive ketones (excluding diaryl/α,β-unsaturated/α-hetero) is 1. The van der Waals surface area contributed by atoms with Crippen LogP contribution in [0, 0.1) is 0 Å². The van der Waals surface area contributed by atoms with Gasteiger partial charge in [0, 0.05) is 19.4 Å². The van der Waals surface area contributed by atoms with Gasteiger partial charge in [-0.1, -0.05) is 44.6 Å². The highest BCUT2D eigenvalue weighted by atomic mass is 16.5. The fraction of sp³-hybridized carbons (Fsp3) is 0.594. The van der Waals surface area contributed by atoms with Crippen molar-refractivity contribution in [3.63, 3.8) is 0 Å². The molecule has 236 valence electrons. The maximum absolute atomic E-state index is 13.9. The number of hydrogen-bond acceptors (Lipinski definition) is 7. The number of ketones is 1. The van der Waals surface area contributed by atoms with Gasteiger partial charge in [0.1, 0.15) is 42.1 Å². The molecule has 5 atom stereocenters. The third kappa shape index (κ3) is 9.13. The van der Waals surface area contributed by atoms with E-state index in [0.29, 0.717) is 57.4 Å². The largest absolute Gasteiger partial charge is 0.490 e. The minimum absolute atomic E-state index is 0.199. The minimum atomic E-state index is -1.33. The van der Waals surface area contributed by atoms with E-state index in [2.05, 4.69) is 22.5 Å². The third-order valence-electron chi connectivity index (χ3n) is 8.30. The fourth-order valence-electron chi connectivity index (χ4n) is 5.37. The first-order valence-corrected chi connectivity index (χ1v) is 15.3. The Balaban J connectivity index is 1.81. The van der Waals surface area contributed by atoms with Gasteiger partial charge in [0.15, 0.2) is 5.78 Å². The Morgan fingerprint density at radius 1 is 1.12 bits per heavy atom. The number of nitrogens with zero attached hydrogens (tertiary/aromatic N) is 1. The van der Waals surface area contributed by atoms with Crippen LogP contribution in [0.1, 0.15) is 77.7 Å². The molecule has 0 aromatic heterocycles. The second-order valence-electron chi connectivity index (χ2n) is 11.6. The van der Waals surface area contributed by atoms with Crippen LogP contribution in [0.2, 0.25) is 0 Å². The summed E-state index contributed by atoms with van der Waals surface area (Å²) in [4.78, 5) is 67.8. The van der Waals surface area contributed by atoms with Gasteiger partial charge in [-0.2, -0.15) is 0 Å². The van der Waals surface area contributed by atoms with Crippen LogP contribution >= 0.6 is 0 Å². The molecule has 1 aromatic carbocycles. The molecule has 11 nitrogen and oxygen atoms in total. The van der Waals surface area contributed by atoms with E-state index in [0.717, 1.165) is 5.56 Å². The van der Waals surface area contributed by atoms with Crippen molar-refractivity contribution in [2.45, 2.75) is 108 Å². The lowest BCUT2D eigenvalue weighted by atomic mass is 9.94. The summed E-state index contributed by atoms with van der Waals surface area (Å²) in [7, 11) is 0. The number of fused-ring (bicyclic) bond motifs is 1. The molecule has 0 saturated carbocycles. The number of carbonyl (C=O) groups excluding carboxylic acids is 5. The van der Waals surface area contributed by atoms with Crippen LogP contribution in [0.5, 0.6) is 5.75 Å². The first-order valence-electron chi connectivity index (χ1n) is 15.3. The van der Waals surface area contributed by atoms with Crippen molar-refractivity contribution < 1.29 is 33.8 Å². The number of amides is 4. The van der Waals surface area contributed by atoms with Crippen LogP contribution in [0.15, 0.2) is 36.9 Å². The van der Waals surface area contributed by atoms with Gasteiger partial charge in [-0.25, -0.2) is 0 Å². The molecule has 2 aliphatic heterocycles. The topological polar surface area (TPSA) is 154 Å².